The van der Waals surface area contributed by atoms with Crippen LogP contribution in [0, 0.1) is 24.2 Å². The fourth-order valence-electron chi connectivity index (χ4n) is 3.33. The summed E-state index contributed by atoms with van der Waals surface area (Å²) in [6, 6.07) is 0. The Hall–Kier alpha value is -1.12. The third-order valence-electron chi connectivity index (χ3n) is 4.17. The summed E-state index contributed by atoms with van der Waals surface area (Å²) in [4.78, 5) is 11.2. The van der Waals surface area contributed by atoms with Crippen molar-refractivity contribution >= 4 is 5.95 Å². The molecular formula is C15H25N3. The van der Waals surface area contributed by atoms with Gasteiger partial charge in [-0.15, -0.1) is 0 Å². The average molecular weight is 247 g/mol. The fourth-order valence-corrected chi connectivity index (χ4v) is 3.33. The van der Waals surface area contributed by atoms with E-state index in [0.717, 1.165) is 36.4 Å². The predicted octanol–water partition coefficient (Wildman–Crippen LogP) is 3.29. The van der Waals surface area contributed by atoms with Gasteiger partial charge in [-0.05, 0) is 36.2 Å². The van der Waals surface area contributed by atoms with Crippen LogP contribution in [-0.4, -0.2) is 23.1 Å². The van der Waals surface area contributed by atoms with Gasteiger partial charge in [0.15, 0.2) is 0 Å². The quantitative estimate of drug-likeness (QED) is 0.803. The molecule has 18 heavy (non-hydrogen) atoms. The zero-order chi connectivity index (χ0) is 13.3. The summed E-state index contributed by atoms with van der Waals surface area (Å²) in [5, 5.41) is 0. The molecule has 0 bridgehead atoms. The summed E-state index contributed by atoms with van der Waals surface area (Å²) in [6.45, 7) is 13.6. The maximum absolute atomic E-state index is 4.45. The highest BCUT2D eigenvalue weighted by atomic mass is 15.3. The van der Waals surface area contributed by atoms with Crippen LogP contribution in [0.15, 0.2) is 12.4 Å². The molecule has 0 aliphatic carbocycles. The van der Waals surface area contributed by atoms with Gasteiger partial charge >= 0.3 is 0 Å². The fraction of sp³-hybridized carbons (Fsp3) is 0.733. The third kappa shape index (κ3) is 2.65. The van der Waals surface area contributed by atoms with E-state index >= 15 is 0 Å². The molecule has 0 spiro atoms. The van der Waals surface area contributed by atoms with Gasteiger partial charge in [-0.25, -0.2) is 9.97 Å². The predicted molar refractivity (Wildman–Crippen MR) is 75.7 cm³/mol. The highest BCUT2D eigenvalue weighted by Gasteiger charge is 2.37. The number of nitrogens with zero attached hydrogens (tertiary/aromatic N) is 3. The van der Waals surface area contributed by atoms with Crippen LogP contribution in [0.25, 0.3) is 0 Å². The Labute approximate surface area is 111 Å². The van der Waals surface area contributed by atoms with E-state index in [1.54, 1.807) is 0 Å². The van der Waals surface area contributed by atoms with Crippen LogP contribution in [0.2, 0.25) is 0 Å². The normalized spacial score (nSPS) is 23.4. The van der Waals surface area contributed by atoms with E-state index in [1.165, 1.54) is 6.42 Å². The number of rotatable bonds is 2. The van der Waals surface area contributed by atoms with Crippen LogP contribution in [0.5, 0.6) is 0 Å². The second-order valence-electron chi connectivity index (χ2n) is 6.61. The molecule has 2 heterocycles. The van der Waals surface area contributed by atoms with Gasteiger partial charge in [-0.3, -0.25) is 0 Å². The van der Waals surface area contributed by atoms with Gasteiger partial charge in [0, 0.05) is 25.5 Å². The van der Waals surface area contributed by atoms with Crippen molar-refractivity contribution in [3.8, 4) is 0 Å². The highest BCUT2D eigenvalue weighted by Crippen LogP contribution is 2.40. The first-order valence-electron chi connectivity index (χ1n) is 6.94. The van der Waals surface area contributed by atoms with Gasteiger partial charge in [0.05, 0.1) is 0 Å². The van der Waals surface area contributed by atoms with Gasteiger partial charge in [0.2, 0.25) is 5.95 Å². The monoisotopic (exact) mass is 247 g/mol. The van der Waals surface area contributed by atoms with Gasteiger partial charge in [-0.1, -0.05) is 27.7 Å². The van der Waals surface area contributed by atoms with Crippen LogP contribution >= 0.6 is 0 Å². The van der Waals surface area contributed by atoms with Crippen LogP contribution in [0.4, 0.5) is 5.95 Å². The number of anilines is 1. The Bertz CT molecular complexity index is 395. The van der Waals surface area contributed by atoms with E-state index in [4.69, 9.17) is 0 Å². The second-order valence-corrected chi connectivity index (χ2v) is 6.61. The van der Waals surface area contributed by atoms with Crippen LogP contribution in [0.3, 0.4) is 0 Å². The van der Waals surface area contributed by atoms with Crippen molar-refractivity contribution < 1.29 is 0 Å². The van der Waals surface area contributed by atoms with Gasteiger partial charge in [-0.2, -0.15) is 0 Å². The molecule has 1 saturated heterocycles. The summed E-state index contributed by atoms with van der Waals surface area (Å²) in [6.07, 6.45) is 5.05. The van der Waals surface area contributed by atoms with E-state index < -0.39 is 0 Å². The van der Waals surface area contributed by atoms with Crippen molar-refractivity contribution in [2.24, 2.45) is 17.3 Å². The minimum absolute atomic E-state index is 0.334. The Morgan fingerprint density at radius 2 is 1.89 bits per heavy atom. The number of hydrogen-bond acceptors (Lipinski definition) is 3. The smallest absolute Gasteiger partial charge is 0.225 e. The molecular weight excluding hydrogens is 222 g/mol. The van der Waals surface area contributed by atoms with E-state index in [1.807, 2.05) is 19.3 Å². The molecule has 100 valence electrons. The summed E-state index contributed by atoms with van der Waals surface area (Å²) < 4.78 is 0. The van der Waals surface area contributed by atoms with Gasteiger partial charge < -0.3 is 4.90 Å². The van der Waals surface area contributed by atoms with Crippen molar-refractivity contribution in [2.45, 2.75) is 41.0 Å². The van der Waals surface area contributed by atoms with Crippen molar-refractivity contribution in [1.29, 1.82) is 0 Å². The lowest BCUT2D eigenvalue weighted by Crippen LogP contribution is -2.48. The number of hydrogen-bond donors (Lipinski definition) is 0. The summed E-state index contributed by atoms with van der Waals surface area (Å²) in [5.41, 5.74) is 1.45. The molecule has 1 fully saturated rings. The molecule has 1 unspecified atom stereocenters. The molecule has 0 N–H and O–H groups in total. The van der Waals surface area contributed by atoms with Crippen molar-refractivity contribution in [2.75, 3.05) is 18.0 Å². The number of piperidine rings is 1. The van der Waals surface area contributed by atoms with Crippen molar-refractivity contribution in [3.63, 3.8) is 0 Å². The summed E-state index contributed by atoms with van der Waals surface area (Å²) in [7, 11) is 0. The largest absolute Gasteiger partial charge is 0.340 e. The van der Waals surface area contributed by atoms with E-state index in [2.05, 4.69) is 42.6 Å². The van der Waals surface area contributed by atoms with Crippen LogP contribution in [-0.2, 0) is 0 Å². The molecule has 1 aliphatic rings. The van der Waals surface area contributed by atoms with Gasteiger partial charge in [0.25, 0.3) is 0 Å². The standard InChI is InChI=1S/C15H25N3/c1-11(2)13-6-7-18(10-15(13,4)5)14-16-8-12(3)9-17-14/h8-9,11,13H,6-7,10H2,1-5H3. The molecule has 0 saturated carbocycles. The molecule has 3 heteroatoms. The van der Waals surface area contributed by atoms with E-state index in [9.17, 15) is 0 Å². The lowest BCUT2D eigenvalue weighted by molar-refractivity contribution is 0.126. The molecule has 2 rings (SSSR count). The Morgan fingerprint density at radius 1 is 1.28 bits per heavy atom. The molecule has 1 aliphatic heterocycles. The first kappa shape index (κ1) is 13.3. The Kier molecular flexibility index (Phi) is 3.60. The molecule has 0 amide bonds. The lowest BCUT2D eigenvalue weighted by atomic mass is 9.69. The zero-order valence-electron chi connectivity index (χ0n) is 12.3. The minimum atomic E-state index is 0.334. The lowest BCUT2D eigenvalue weighted by Gasteiger charge is -2.46. The second kappa shape index (κ2) is 4.87. The average Bonchev–Trinajstić information content (AvgIpc) is 2.28. The topological polar surface area (TPSA) is 29.0 Å². The summed E-state index contributed by atoms with van der Waals surface area (Å²) >= 11 is 0. The zero-order valence-corrected chi connectivity index (χ0v) is 12.3. The molecule has 0 aromatic carbocycles. The van der Waals surface area contributed by atoms with E-state index in [0.29, 0.717) is 5.41 Å². The SMILES string of the molecule is Cc1cnc(N2CCC(C(C)C)C(C)(C)C2)nc1. The maximum atomic E-state index is 4.45. The van der Waals surface area contributed by atoms with Crippen LogP contribution < -0.4 is 4.90 Å². The summed E-state index contributed by atoms with van der Waals surface area (Å²) in [5.74, 6) is 2.43. The molecule has 3 nitrogen and oxygen atoms in total. The molecule has 1 aromatic rings. The Morgan fingerprint density at radius 3 is 2.39 bits per heavy atom. The molecule has 0 radical (unpaired) electrons. The Balaban J connectivity index is 2.13. The maximum Gasteiger partial charge on any atom is 0.225 e. The third-order valence-corrected chi connectivity index (χ3v) is 4.17. The number of aromatic nitrogens is 2. The minimum Gasteiger partial charge on any atom is -0.340 e. The first-order chi connectivity index (χ1) is 8.40. The first-order valence-corrected chi connectivity index (χ1v) is 6.94. The number of aryl methyl sites for hydroxylation is 1. The van der Waals surface area contributed by atoms with Crippen molar-refractivity contribution in [3.05, 3.63) is 18.0 Å². The highest BCUT2D eigenvalue weighted by molar-refractivity contribution is 5.31. The van der Waals surface area contributed by atoms with Gasteiger partial charge in [0.1, 0.15) is 0 Å². The molecule has 1 aromatic heterocycles. The van der Waals surface area contributed by atoms with Crippen molar-refractivity contribution in [1.82, 2.24) is 9.97 Å². The van der Waals surface area contributed by atoms with Crippen LogP contribution in [0.1, 0.15) is 39.7 Å². The molecule has 1 atom stereocenters. The van der Waals surface area contributed by atoms with E-state index in [-0.39, 0.29) is 0 Å².